The average molecular weight is 414 g/mol. The quantitative estimate of drug-likeness (QED) is 0.228. The maximum absolute atomic E-state index is 6.57. The van der Waals surface area contributed by atoms with Crippen molar-refractivity contribution < 1.29 is 0 Å². The van der Waals surface area contributed by atoms with Crippen LogP contribution < -0.4 is 5.73 Å². The molecule has 0 saturated heterocycles. The fraction of sp³-hybridized carbons (Fsp3) is 0.161. The highest BCUT2D eigenvalue weighted by Crippen LogP contribution is 2.43. The standard InChI is InChI=1S/C31H27N/c1-3-19-31(2,32)22-15-13-20(14-16-22)23-17-18-28-26-10-5-8-21-7-4-9-25(29(21)26)27-12-6-11-24(23)30(27)28/h4-18H,3,19,32H2,1-2H3. The van der Waals surface area contributed by atoms with Gasteiger partial charge in [0.15, 0.2) is 0 Å². The van der Waals surface area contributed by atoms with Crippen LogP contribution in [0.4, 0.5) is 0 Å². The van der Waals surface area contributed by atoms with Gasteiger partial charge < -0.3 is 5.73 Å². The molecule has 0 radical (unpaired) electrons. The molecule has 0 aliphatic rings. The Labute approximate surface area is 188 Å². The number of hydrogen-bond donors (Lipinski definition) is 1. The molecule has 0 amide bonds. The molecular formula is C31H27N. The smallest absolute Gasteiger partial charge is 0.0380 e. The van der Waals surface area contributed by atoms with E-state index in [2.05, 4.69) is 105 Å². The van der Waals surface area contributed by atoms with E-state index in [0.717, 1.165) is 12.8 Å². The summed E-state index contributed by atoms with van der Waals surface area (Å²) in [7, 11) is 0. The molecule has 0 heterocycles. The van der Waals surface area contributed by atoms with Crippen molar-refractivity contribution in [2.75, 3.05) is 0 Å². The summed E-state index contributed by atoms with van der Waals surface area (Å²) < 4.78 is 0. The van der Waals surface area contributed by atoms with Crippen LogP contribution in [-0.2, 0) is 5.54 Å². The number of fused-ring (bicyclic) bond motifs is 2. The van der Waals surface area contributed by atoms with Crippen LogP contribution in [0, 0.1) is 0 Å². The molecule has 0 spiro atoms. The summed E-state index contributed by atoms with van der Waals surface area (Å²) >= 11 is 0. The van der Waals surface area contributed by atoms with E-state index < -0.39 is 0 Å². The first-order valence-electron chi connectivity index (χ1n) is 11.6. The van der Waals surface area contributed by atoms with Crippen LogP contribution in [0.1, 0.15) is 32.3 Å². The van der Waals surface area contributed by atoms with Gasteiger partial charge in [-0.2, -0.15) is 0 Å². The molecule has 32 heavy (non-hydrogen) atoms. The van der Waals surface area contributed by atoms with Gasteiger partial charge in [-0.05, 0) is 73.1 Å². The summed E-state index contributed by atoms with van der Waals surface area (Å²) in [6.07, 6.45) is 2.07. The van der Waals surface area contributed by atoms with Crippen LogP contribution in [-0.4, -0.2) is 0 Å². The summed E-state index contributed by atoms with van der Waals surface area (Å²) in [5.41, 5.74) is 10.0. The van der Waals surface area contributed by atoms with Crippen molar-refractivity contribution in [1.82, 2.24) is 0 Å². The highest BCUT2D eigenvalue weighted by molar-refractivity contribution is 6.34. The Kier molecular flexibility index (Phi) is 4.25. The monoisotopic (exact) mass is 413 g/mol. The predicted molar refractivity (Wildman–Crippen MR) is 140 cm³/mol. The first-order valence-corrected chi connectivity index (χ1v) is 11.6. The van der Waals surface area contributed by atoms with Gasteiger partial charge in [-0.25, -0.2) is 0 Å². The van der Waals surface area contributed by atoms with Gasteiger partial charge in [-0.15, -0.1) is 0 Å². The van der Waals surface area contributed by atoms with E-state index in [1.165, 1.54) is 59.8 Å². The van der Waals surface area contributed by atoms with Crippen molar-refractivity contribution >= 4 is 43.1 Å². The van der Waals surface area contributed by atoms with Gasteiger partial charge in [-0.3, -0.25) is 0 Å². The molecule has 1 atom stereocenters. The zero-order chi connectivity index (χ0) is 21.9. The van der Waals surface area contributed by atoms with E-state index in [4.69, 9.17) is 5.73 Å². The Morgan fingerprint density at radius 3 is 1.84 bits per heavy atom. The molecule has 156 valence electrons. The van der Waals surface area contributed by atoms with Gasteiger partial charge in [-0.1, -0.05) is 104 Å². The molecule has 6 aromatic rings. The van der Waals surface area contributed by atoms with Crippen LogP contribution in [0.15, 0.2) is 91.0 Å². The number of benzene rings is 6. The Bertz CT molecular complexity index is 1540. The Morgan fingerprint density at radius 1 is 0.625 bits per heavy atom. The summed E-state index contributed by atoms with van der Waals surface area (Å²) in [4.78, 5) is 0. The van der Waals surface area contributed by atoms with Crippen molar-refractivity contribution in [1.29, 1.82) is 0 Å². The third kappa shape index (κ3) is 2.75. The molecule has 1 heteroatoms. The predicted octanol–water partition coefficient (Wildman–Crippen LogP) is 8.38. The summed E-state index contributed by atoms with van der Waals surface area (Å²) in [6.45, 7) is 4.32. The van der Waals surface area contributed by atoms with Crippen LogP contribution in [0.5, 0.6) is 0 Å². The maximum atomic E-state index is 6.57. The van der Waals surface area contributed by atoms with E-state index in [1.807, 2.05) is 0 Å². The van der Waals surface area contributed by atoms with Crippen molar-refractivity contribution in [3.63, 3.8) is 0 Å². The molecule has 0 fully saturated rings. The molecule has 0 aromatic heterocycles. The third-order valence-corrected chi connectivity index (χ3v) is 7.15. The fourth-order valence-corrected chi connectivity index (χ4v) is 5.59. The summed E-state index contributed by atoms with van der Waals surface area (Å²) in [6, 6.07) is 33.5. The van der Waals surface area contributed by atoms with Gasteiger partial charge in [0.05, 0.1) is 0 Å². The van der Waals surface area contributed by atoms with Gasteiger partial charge in [0, 0.05) is 5.54 Å². The molecule has 0 aliphatic carbocycles. The minimum Gasteiger partial charge on any atom is -0.322 e. The van der Waals surface area contributed by atoms with Crippen molar-refractivity contribution in [3.8, 4) is 11.1 Å². The van der Waals surface area contributed by atoms with Crippen molar-refractivity contribution in [2.45, 2.75) is 32.2 Å². The normalized spacial score (nSPS) is 14.0. The van der Waals surface area contributed by atoms with E-state index in [9.17, 15) is 0 Å². The van der Waals surface area contributed by atoms with Crippen LogP contribution in [0.25, 0.3) is 54.2 Å². The first-order chi connectivity index (χ1) is 15.6. The van der Waals surface area contributed by atoms with E-state index in [0.29, 0.717) is 0 Å². The highest BCUT2D eigenvalue weighted by atomic mass is 14.7. The molecular weight excluding hydrogens is 386 g/mol. The maximum Gasteiger partial charge on any atom is 0.0380 e. The highest BCUT2D eigenvalue weighted by Gasteiger charge is 2.20. The van der Waals surface area contributed by atoms with E-state index >= 15 is 0 Å². The number of rotatable bonds is 4. The summed E-state index contributed by atoms with van der Waals surface area (Å²) in [5, 5.41) is 10.7. The molecule has 1 nitrogen and oxygen atoms in total. The molecule has 0 aliphatic heterocycles. The zero-order valence-corrected chi connectivity index (χ0v) is 18.7. The molecule has 1 unspecified atom stereocenters. The van der Waals surface area contributed by atoms with Crippen molar-refractivity contribution in [3.05, 3.63) is 96.6 Å². The molecule has 2 N–H and O–H groups in total. The Hall–Kier alpha value is -3.42. The van der Waals surface area contributed by atoms with Crippen molar-refractivity contribution in [2.24, 2.45) is 5.73 Å². The molecule has 0 saturated carbocycles. The zero-order valence-electron chi connectivity index (χ0n) is 18.7. The average Bonchev–Trinajstić information content (AvgIpc) is 2.82. The Balaban J connectivity index is 1.63. The fourth-order valence-electron chi connectivity index (χ4n) is 5.59. The molecule has 0 bridgehead atoms. The second-order valence-corrected chi connectivity index (χ2v) is 9.34. The number of hydrogen-bond acceptors (Lipinski definition) is 1. The first kappa shape index (κ1) is 19.3. The summed E-state index contributed by atoms with van der Waals surface area (Å²) in [5.74, 6) is 0. The lowest BCUT2D eigenvalue weighted by Gasteiger charge is -2.25. The minimum atomic E-state index is -0.282. The molecule has 6 aromatic carbocycles. The second kappa shape index (κ2) is 7.05. The van der Waals surface area contributed by atoms with Gasteiger partial charge in [0.25, 0.3) is 0 Å². The van der Waals surface area contributed by atoms with E-state index in [-0.39, 0.29) is 5.54 Å². The van der Waals surface area contributed by atoms with Gasteiger partial charge in [0.1, 0.15) is 0 Å². The van der Waals surface area contributed by atoms with Gasteiger partial charge >= 0.3 is 0 Å². The SMILES string of the molecule is CCCC(C)(N)c1ccc(-c2ccc3c4cccc5cccc(c6cccc2c63)c54)cc1. The largest absolute Gasteiger partial charge is 0.322 e. The van der Waals surface area contributed by atoms with Crippen LogP contribution in [0.2, 0.25) is 0 Å². The van der Waals surface area contributed by atoms with Crippen LogP contribution >= 0.6 is 0 Å². The molecule has 6 rings (SSSR count). The van der Waals surface area contributed by atoms with E-state index in [1.54, 1.807) is 0 Å². The topological polar surface area (TPSA) is 26.0 Å². The minimum absolute atomic E-state index is 0.282. The Morgan fingerprint density at radius 2 is 1.19 bits per heavy atom. The van der Waals surface area contributed by atoms with Crippen LogP contribution in [0.3, 0.4) is 0 Å². The lowest BCUT2D eigenvalue weighted by Crippen LogP contribution is -2.32. The lowest BCUT2D eigenvalue weighted by atomic mass is 9.85. The third-order valence-electron chi connectivity index (χ3n) is 7.15. The lowest BCUT2D eigenvalue weighted by molar-refractivity contribution is 0.447. The number of nitrogens with two attached hydrogens (primary N) is 1. The second-order valence-electron chi connectivity index (χ2n) is 9.34. The van der Waals surface area contributed by atoms with Gasteiger partial charge in [0.2, 0.25) is 0 Å².